The molecule has 0 bridgehead atoms. The third kappa shape index (κ3) is 6.28. The van der Waals surface area contributed by atoms with E-state index in [2.05, 4.69) is 5.32 Å². The van der Waals surface area contributed by atoms with E-state index in [1.807, 2.05) is 48.2 Å². The molecule has 210 valence electrons. The summed E-state index contributed by atoms with van der Waals surface area (Å²) < 4.78 is 68.5. The normalized spacial score (nSPS) is 21.4. The number of alkyl halides is 3. The fourth-order valence-electron chi connectivity index (χ4n) is 4.77. The van der Waals surface area contributed by atoms with E-state index in [4.69, 9.17) is 12.2 Å². The molecule has 1 saturated heterocycles. The van der Waals surface area contributed by atoms with Crippen molar-refractivity contribution in [1.82, 2.24) is 9.62 Å². The molecule has 3 atom stereocenters. The molecule has 2 aliphatic rings. The van der Waals surface area contributed by atoms with Gasteiger partial charge in [-0.3, -0.25) is 0 Å². The van der Waals surface area contributed by atoms with Crippen molar-refractivity contribution in [3.05, 3.63) is 88.9 Å². The number of nitrogens with zero attached hydrogens (tertiary/aromatic N) is 2. The van der Waals surface area contributed by atoms with Crippen LogP contribution in [0.15, 0.2) is 77.7 Å². The van der Waals surface area contributed by atoms with Crippen molar-refractivity contribution in [3.63, 3.8) is 0 Å². The molecule has 0 radical (unpaired) electrons. The van der Waals surface area contributed by atoms with E-state index in [0.29, 0.717) is 30.1 Å². The van der Waals surface area contributed by atoms with Gasteiger partial charge in [0.25, 0.3) is 0 Å². The summed E-state index contributed by atoms with van der Waals surface area (Å²) in [5.41, 5.74) is -1.53. The van der Waals surface area contributed by atoms with E-state index < -0.39 is 21.8 Å². The van der Waals surface area contributed by atoms with Gasteiger partial charge in [0.2, 0.25) is 10.0 Å². The third-order valence-corrected chi connectivity index (χ3v) is 9.76. The van der Waals surface area contributed by atoms with Crippen LogP contribution in [-0.4, -0.2) is 61.1 Å². The molecule has 4 rings (SSSR count). The smallest absolute Gasteiger partial charge is 0.376 e. The lowest BCUT2D eigenvalue weighted by Gasteiger charge is -2.43. The molecule has 0 aromatic heterocycles. The molecule has 2 aromatic rings. The van der Waals surface area contributed by atoms with Crippen LogP contribution in [0.3, 0.4) is 0 Å². The fourth-order valence-corrected chi connectivity index (χ4v) is 6.84. The second-order valence-electron chi connectivity index (χ2n) is 9.95. The van der Waals surface area contributed by atoms with Gasteiger partial charge >= 0.3 is 6.18 Å². The minimum absolute atomic E-state index is 0.0111. The van der Waals surface area contributed by atoms with Crippen LogP contribution in [0.2, 0.25) is 0 Å². The first-order valence-electron chi connectivity index (χ1n) is 12.7. The number of hydrogen-bond acceptors (Lipinski definition) is 6. The van der Waals surface area contributed by atoms with Crippen LogP contribution >= 0.6 is 12.2 Å². The number of hydrogen-bond donors (Lipinski definition) is 2. The average molecular weight is 580 g/mol. The molecular weight excluding hydrogens is 547 g/mol. The Kier molecular flexibility index (Phi) is 8.67. The quantitative estimate of drug-likeness (QED) is 0.436. The number of thiocarbonyl (C=S) groups is 1. The number of sulfonamides is 1. The Labute approximate surface area is 232 Å². The first-order valence-corrected chi connectivity index (χ1v) is 14.5. The van der Waals surface area contributed by atoms with Crippen LogP contribution in [0.1, 0.15) is 37.4 Å². The number of piperazine rings is 1. The maximum Gasteiger partial charge on any atom is 0.421 e. The summed E-state index contributed by atoms with van der Waals surface area (Å²) in [7, 11) is -3.82. The lowest BCUT2D eigenvalue weighted by Crippen LogP contribution is -2.58. The van der Waals surface area contributed by atoms with Gasteiger partial charge in [0.1, 0.15) is 0 Å². The topological polar surface area (TPSA) is 72.9 Å². The van der Waals surface area contributed by atoms with Crippen molar-refractivity contribution in [2.24, 2.45) is 0 Å². The summed E-state index contributed by atoms with van der Waals surface area (Å²) in [6, 6.07) is 15.1. The molecule has 0 saturated carbocycles. The molecule has 1 fully saturated rings. The van der Waals surface area contributed by atoms with Gasteiger partial charge in [-0.1, -0.05) is 66.8 Å². The summed E-state index contributed by atoms with van der Waals surface area (Å²) in [5, 5.41) is 13.5. The number of benzene rings is 2. The molecule has 6 nitrogen and oxygen atoms in total. The highest BCUT2D eigenvalue weighted by molar-refractivity contribution is 7.96. The van der Waals surface area contributed by atoms with Crippen LogP contribution in [0, 0.1) is 0 Å². The lowest BCUT2D eigenvalue weighted by atomic mass is 9.95. The van der Waals surface area contributed by atoms with Crippen molar-refractivity contribution < 1.29 is 26.7 Å². The van der Waals surface area contributed by atoms with Crippen molar-refractivity contribution in [3.8, 4) is 0 Å². The van der Waals surface area contributed by atoms with E-state index in [1.165, 1.54) is 34.6 Å². The molecule has 1 aliphatic heterocycles. The zero-order valence-electron chi connectivity index (χ0n) is 21.7. The Morgan fingerprint density at radius 3 is 2.38 bits per heavy atom. The highest BCUT2D eigenvalue weighted by Crippen LogP contribution is 2.39. The second kappa shape index (κ2) is 11.5. The van der Waals surface area contributed by atoms with Gasteiger partial charge in [-0.05, 0) is 43.2 Å². The molecule has 2 N–H and O–H groups in total. The predicted octanol–water partition coefficient (Wildman–Crippen LogP) is 4.84. The van der Waals surface area contributed by atoms with E-state index in [9.17, 15) is 26.7 Å². The highest BCUT2D eigenvalue weighted by atomic mass is 32.2. The zero-order chi connectivity index (χ0) is 28.4. The van der Waals surface area contributed by atoms with Crippen LogP contribution in [0.4, 0.5) is 18.9 Å². The molecule has 39 heavy (non-hydrogen) atoms. The Hall–Kier alpha value is -2.57. The molecule has 2 aromatic carbocycles. The number of anilines is 1. The summed E-state index contributed by atoms with van der Waals surface area (Å²) in [6.07, 6.45) is 0.614. The third-order valence-electron chi connectivity index (χ3n) is 7.30. The van der Waals surface area contributed by atoms with Gasteiger partial charge in [0, 0.05) is 49.2 Å². The standard InChI is InChI=1S/C28H32F3N3O3S2/c1-20(21-8-4-3-5-9-21)32-18-24-19-33(39(36,37)26-11-7-6-10-25(26)38)16-17-34(24)23-14-12-22(13-15-23)27(2,35)28(29,30)31/h3-9,11-15,20,24,32,35H,10,16-19H2,1-2H3/t20?,24-,27?/m0/s1. The highest BCUT2D eigenvalue weighted by Gasteiger charge is 2.51. The minimum Gasteiger partial charge on any atom is -0.376 e. The van der Waals surface area contributed by atoms with Crippen LogP contribution in [-0.2, 0) is 15.6 Å². The molecule has 11 heteroatoms. The number of halogens is 3. The molecule has 1 heterocycles. The van der Waals surface area contributed by atoms with Gasteiger partial charge in [0.15, 0.2) is 5.60 Å². The maximum absolute atomic E-state index is 13.5. The summed E-state index contributed by atoms with van der Waals surface area (Å²) in [6.45, 7) is 3.86. The second-order valence-corrected chi connectivity index (χ2v) is 12.4. The van der Waals surface area contributed by atoms with Gasteiger partial charge in [-0.15, -0.1) is 0 Å². The first kappa shape index (κ1) is 29.4. The first-order chi connectivity index (χ1) is 18.3. The maximum atomic E-state index is 13.5. The van der Waals surface area contributed by atoms with Crippen molar-refractivity contribution >= 4 is 32.8 Å². The van der Waals surface area contributed by atoms with Gasteiger partial charge < -0.3 is 15.3 Å². The Morgan fingerprint density at radius 1 is 1.10 bits per heavy atom. The Morgan fingerprint density at radius 2 is 1.77 bits per heavy atom. The molecule has 0 spiro atoms. The van der Waals surface area contributed by atoms with E-state index in [-0.39, 0.29) is 35.6 Å². The molecule has 2 unspecified atom stereocenters. The van der Waals surface area contributed by atoms with Crippen LogP contribution in [0.25, 0.3) is 0 Å². The predicted molar refractivity (Wildman–Crippen MR) is 151 cm³/mol. The molecule has 1 aliphatic carbocycles. The average Bonchev–Trinajstić information content (AvgIpc) is 2.91. The number of rotatable bonds is 8. The number of aliphatic hydroxyl groups is 1. The monoisotopic (exact) mass is 579 g/mol. The van der Waals surface area contributed by atoms with Gasteiger partial charge in [0.05, 0.1) is 10.9 Å². The SMILES string of the molecule is CC(NC[C@H]1CN(S(=O)(=O)C2=CC=CCC2=S)CCN1c1ccc(C(C)(O)C(F)(F)F)cc1)c1ccccc1. The molecule has 0 amide bonds. The Balaban J connectivity index is 1.59. The van der Waals surface area contributed by atoms with Crippen molar-refractivity contribution in [2.45, 2.75) is 44.1 Å². The van der Waals surface area contributed by atoms with Crippen LogP contribution < -0.4 is 10.2 Å². The van der Waals surface area contributed by atoms with Gasteiger partial charge in [-0.25, -0.2) is 8.42 Å². The van der Waals surface area contributed by atoms with E-state index in [0.717, 1.165) is 12.5 Å². The fraction of sp³-hybridized carbons (Fsp3) is 0.393. The van der Waals surface area contributed by atoms with E-state index in [1.54, 1.807) is 6.08 Å². The zero-order valence-corrected chi connectivity index (χ0v) is 23.4. The van der Waals surface area contributed by atoms with Crippen LogP contribution in [0.5, 0.6) is 0 Å². The van der Waals surface area contributed by atoms with Crippen molar-refractivity contribution in [1.29, 1.82) is 0 Å². The van der Waals surface area contributed by atoms with Gasteiger partial charge in [-0.2, -0.15) is 17.5 Å². The largest absolute Gasteiger partial charge is 0.421 e. The molecular formula is C28H32F3N3O3S2. The summed E-state index contributed by atoms with van der Waals surface area (Å²) >= 11 is 5.33. The number of allylic oxidation sites excluding steroid dienone is 4. The minimum atomic E-state index is -4.82. The summed E-state index contributed by atoms with van der Waals surface area (Å²) in [5.74, 6) is 0. The summed E-state index contributed by atoms with van der Waals surface area (Å²) in [4.78, 5) is 2.51. The Bertz CT molecular complexity index is 1340. The van der Waals surface area contributed by atoms with Crippen molar-refractivity contribution in [2.75, 3.05) is 31.1 Å². The van der Waals surface area contributed by atoms with E-state index >= 15 is 0 Å². The lowest BCUT2D eigenvalue weighted by molar-refractivity contribution is -0.258. The number of nitrogens with one attached hydrogen (secondary N) is 1.